The van der Waals surface area contributed by atoms with Crippen LogP contribution in [0.2, 0.25) is 0 Å². The SMILES string of the molecule is CCn1c(-c2ccncc2)nc2c(N3CCOCC3CO)nc(-c3cccc(/C(N)=C/C=NC)c3)nc21. The number of aryl methyl sites for hydroxylation is 1. The Kier molecular flexibility index (Phi) is 7.20. The Labute approximate surface area is 215 Å². The molecule has 1 aliphatic heterocycles. The number of morpholine rings is 1. The minimum atomic E-state index is -0.228. The molecule has 3 N–H and O–H groups in total. The van der Waals surface area contributed by atoms with Gasteiger partial charge in [-0.05, 0) is 36.8 Å². The first kappa shape index (κ1) is 24.5. The van der Waals surface area contributed by atoms with Gasteiger partial charge < -0.3 is 25.0 Å². The number of anilines is 1. The maximum absolute atomic E-state index is 10.1. The average molecular weight is 499 g/mol. The molecule has 1 unspecified atom stereocenters. The molecule has 1 aromatic carbocycles. The number of nitrogens with zero attached hydrogens (tertiary/aromatic N) is 7. The maximum Gasteiger partial charge on any atom is 0.166 e. The largest absolute Gasteiger partial charge is 0.398 e. The Morgan fingerprint density at radius 1 is 1.19 bits per heavy atom. The quantitative estimate of drug-likeness (QED) is 0.372. The number of hydrogen-bond acceptors (Lipinski definition) is 9. The summed E-state index contributed by atoms with van der Waals surface area (Å²) in [6, 6.07) is 11.5. The molecule has 4 aromatic rings. The molecule has 10 nitrogen and oxygen atoms in total. The van der Waals surface area contributed by atoms with Gasteiger partial charge in [0.25, 0.3) is 0 Å². The number of allylic oxidation sites excluding steroid dienone is 1. The number of imidazole rings is 1. The maximum atomic E-state index is 10.1. The fourth-order valence-electron chi connectivity index (χ4n) is 4.51. The Balaban J connectivity index is 1.74. The van der Waals surface area contributed by atoms with E-state index in [-0.39, 0.29) is 12.6 Å². The molecule has 1 fully saturated rings. The van der Waals surface area contributed by atoms with E-state index in [9.17, 15) is 5.11 Å². The number of aliphatic hydroxyl groups is 1. The molecule has 0 amide bonds. The highest BCUT2D eigenvalue weighted by Gasteiger charge is 2.29. The van der Waals surface area contributed by atoms with E-state index in [0.717, 1.165) is 28.2 Å². The summed E-state index contributed by atoms with van der Waals surface area (Å²) in [5.74, 6) is 2.03. The van der Waals surface area contributed by atoms with Crippen LogP contribution in [0, 0.1) is 0 Å². The van der Waals surface area contributed by atoms with Crippen LogP contribution in [0.5, 0.6) is 0 Å². The molecule has 1 saturated heterocycles. The molecule has 4 heterocycles. The predicted molar refractivity (Wildman–Crippen MR) is 145 cm³/mol. The molecule has 10 heteroatoms. The summed E-state index contributed by atoms with van der Waals surface area (Å²) in [6.07, 6.45) is 6.93. The topological polar surface area (TPSA) is 128 Å². The number of fused-ring (bicyclic) bond motifs is 1. The summed E-state index contributed by atoms with van der Waals surface area (Å²) >= 11 is 0. The van der Waals surface area contributed by atoms with Crippen LogP contribution in [0.15, 0.2) is 59.9 Å². The van der Waals surface area contributed by atoms with Crippen molar-refractivity contribution in [2.45, 2.75) is 19.5 Å². The van der Waals surface area contributed by atoms with Crippen LogP contribution in [-0.2, 0) is 11.3 Å². The molecule has 1 atom stereocenters. The lowest BCUT2D eigenvalue weighted by Gasteiger charge is -2.35. The standard InChI is InChI=1S/C27H30N8O2/c1-3-34-25(18-7-11-30-12-8-18)31-23-26(34)32-24(33-27(23)35-13-14-37-17-21(35)16-36)20-6-4-5-19(15-20)22(28)9-10-29-2/h4-12,15,21,36H,3,13-14,16-17,28H2,1-2H3/b22-9-,29-10?. The highest BCUT2D eigenvalue weighted by atomic mass is 16.5. The monoisotopic (exact) mass is 498 g/mol. The molecule has 37 heavy (non-hydrogen) atoms. The van der Waals surface area contributed by atoms with Crippen molar-refractivity contribution in [3.8, 4) is 22.8 Å². The van der Waals surface area contributed by atoms with Crippen molar-refractivity contribution in [3.63, 3.8) is 0 Å². The Morgan fingerprint density at radius 2 is 2.03 bits per heavy atom. The van der Waals surface area contributed by atoms with Crippen LogP contribution in [0.4, 0.5) is 5.82 Å². The third-order valence-electron chi connectivity index (χ3n) is 6.40. The van der Waals surface area contributed by atoms with Gasteiger partial charge >= 0.3 is 0 Å². The number of aromatic nitrogens is 5. The van der Waals surface area contributed by atoms with Crippen LogP contribution in [-0.4, -0.2) is 75.3 Å². The summed E-state index contributed by atoms with van der Waals surface area (Å²) in [5, 5.41) is 10.1. The van der Waals surface area contributed by atoms with Crippen molar-refractivity contribution >= 4 is 28.9 Å². The van der Waals surface area contributed by atoms with Crippen LogP contribution >= 0.6 is 0 Å². The Morgan fingerprint density at radius 3 is 2.78 bits per heavy atom. The van der Waals surface area contributed by atoms with E-state index in [1.165, 1.54) is 0 Å². The molecule has 0 radical (unpaired) electrons. The Hall–Kier alpha value is -4.15. The molecular formula is C27H30N8O2. The Bertz CT molecular complexity index is 1450. The van der Waals surface area contributed by atoms with Crippen molar-refractivity contribution in [1.29, 1.82) is 0 Å². The van der Waals surface area contributed by atoms with Crippen molar-refractivity contribution < 1.29 is 9.84 Å². The number of aliphatic imine (C=N–C) groups is 1. The molecule has 0 aliphatic carbocycles. The van der Waals surface area contributed by atoms with Crippen molar-refractivity contribution in [2.24, 2.45) is 10.7 Å². The lowest BCUT2D eigenvalue weighted by molar-refractivity contribution is 0.0724. The van der Waals surface area contributed by atoms with Gasteiger partial charge in [-0.25, -0.2) is 15.0 Å². The third kappa shape index (κ3) is 4.81. The van der Waals surface area contributed by atoms with Gasteiger partial charge in [0.05, 0.1) is 25.9 Å². The number of benzene rings is 1. The number of rotatable bonds is 7. The van der Waals surface area contributed by atoms with Gasteiger partial charge in [-0.15, -0.1) is 0 Å². The summed E-state index contributed by atoms with van der Waals surface area (Å²) in [5.41, 5.74) is 10.9. The molecule has 1 aliphatic rings. The molecule has 5 rings (SSSR count). The predicted octanol–water partition coefficient (Wildman–Crippen LogP) is 2.77. The van der Waals surface area contributed by atoms with E-state index in [0.29, 0.717) is 49.2 Å². The number of pyridine rings is 1. The van der Waals surface area contributed by atoms with Crippen LogP contribution < -0.4 is 10.6 Å². The fourth-order valence-corrected chi connectivity index (χ4v) is 4.51. The molecular weight excluding hydrogens is 468 g/mol. The lowest BCUT2D eigenvalue weighted by atomic mass is 10.1. The fraction of sp³-hybridized carbons (Fsp3) is 0.296. The number of ether oxygens (including phenoxy) is 1. The minimum absolute atomic E-state index is 0.0533. The smallest absolute Gasteiger partial charge is 0.166 e. The second-order valence-electron chi connectivity index (χ2n) is 8.67. The number of aliphatic hydroxyl groups excluding tert-OH is 1. The second kappa shape index (κ2) is 10.9. The minimum Gasteiger partial charge on any atom is -0.398 e. The molecule has 0 spiro atoms. The molecule has 190 valence electrons. The van der Waals surface area contributed by atoms with Crippen LogP contribution in [0.1, 0.15) is 12.5 Å². The van der Waals surface area contributed by atoms with E-state index in [2.05, 4.69) is 26.4 Å². The van der Waals surface area contributed by atoms with E-state index in [4.69, 9.17) is 25.4 Å². The van der Waals surface area contributed by atoms with Crippen molar-refractivity contribution in [2.75, 3.05) is 38.3 Å². The van der Waals surface area contributed by atoms with Gasteiger partial charge in [0.15, 0.2) is 22.8 Å². The normalized spacial score (nSPS) is 16.7. The molecule has 0 saturated carbocycles. The zero-order valence-electron chi connectivity index (χ0n) is 20.9. The van der Waals surface area contributed by atoms with Gasteiger partial charge in [-0.3, -0.25) is 9.98 Å². The van der Waals surface area contributed by atoms with Gasteiger partial charge in [-0.2, -0.15) is 0 Å². The second-order valence-corrected chi connectivity index (χ2v) is 8.67. The van der Waals surface area contributed by atoms with Gasteiger partial charge in [-0.1, -0.05) is 18.2 Å². The highest BCUT2D eigenvalue weighted by molar-refractivity contribution is 5.89. The van der Waals surface area contributed by atoms with Crippen molar-refractivity contribution in [3.05, 3.63) is 60.4 Å². The summed E-state index contributed by atoms with van der Waals surface area (Å²) in [7, 11) is 1.70. The summed E-state index contributed by atoms with van der Waals surface area (Å²) in [4.78, 5) is 25.2. The molecule has 0 bridgehead atoms. The van der Waals surface area contributed by atoms with Gasteiger partial charge in [0.2, 0.25) is 0 Å². The third-order valence-corrected chi connectivity index (χ3v) is 6.40. The summed E-state index contributed by atoms with van der Waals surface area (Å²) in [6.45, 7) is 4.23. The van der Waals surface area contributed by atoms with Crippen molar-refractivity contribution in [1.82, 2.24) is 24.5 Å². The average Bonchev–Trinajstić information content (AvgIpc) is 3.34. The van der Waals surface area contributed by atoms with E-state index in [1.807, 2.05) is 36.4 Å². The zero-order valence-corrected chi connectivity index (χ0v) is 20.9. The zero-order chi connectivity index (χ0) is 25.8. The highest BCUT2D eigenvalue weighted by Crippen LogP contribution is 2.33. The summed E-state index contributed by atoms with van der Waals surface area (Å²) < 4.78 is 7.72. The first-order valence-electron chi connectivity index (χ1n) is 12.3. The van der Waals surface area contributed by atoms with Gasteiger partial charge in [0, 0.05) is 55.6 Å². The van der Waals surface area contributed by atoms with Gasteiger partial charge in [0.1, 0.15) is 5.82 Å². The molecule has 3 aromatic heterocycles. The van der Waals surface area contributed by atoms with E-state index >= 15 is 0 Å². The van der Waals surface area contributed by atoms with Crippen LogP contribution in [0.3, 0.4) is 0 Å². The number of hydrogen-bond donors (Lipinski definition) is 2. The van der Waals surface area contributed by atoms with E-state index in [1.54, 1.807) is 31.7 Å². The van der Waals surface area contributed by atoms with Crippen LogP contribution in [0.25, 0.3) is 39.6 Å². The number of nitrogens with two attached hydrogens (primary N) is 1. The lowest BCUT2D eigenvalue weighted by Crippen LogP contribution is -2.48. The first-order valence-corrected chi connectivity index (χ1v) is 12.3. The first-order chi connectivity index (χ1) is 18.1. The van der Waals surface area contributed by atoms with E-state index < -0.39 is 0 Å².